The van der Waals surface area contributed by atoms with Gasteiger partial charge in [0.25, 0.3) is 0 Å². The second-order valence-corrected chi connectivity index (χ2v) is 3.99. The van der Waals surface area contributed by atoms with Gasteiger partial charge in [0, 0.05) is 5.39 Å². The molecule has 6 heteroatoms. The first-order chi connectivity index (χ1) is 8.78. The Morgan fingerprint density at radius 3 is 2.78 bits per heavy atom. The third-order valence-electron chi connectivity index (χ3n) is 2.79. The molecule has 1 aromatic carbocycles. The molecule has 1 atom stereocenters. The van der Waals surface area contributed by atoms with Crippen LogP contribution >= 0.6 is 0 Å². The molecule has 0 fully saturated rings. The summed E-state index contributed by atoms with van der Waals surface area (Å²) in [7, 11) is 0. The van der Waals surface area contributed by atoms with E-state index in [1.807, 2.05) is 31.2 Å². The molecule has 5 N–H and O–H groups in total. The molecule has 0 aliphatic heterocycles. The van der Waals surface area contributed by atoms with Gasteiger partial charge in [0.1, 0.15) is 5.82 Å². The van der Waals surface area contributed by atoms with Gasteiger partial charge in [-0.2, -0.15) is 4.98 Å². The molecule has 0 aliphatic carbocycles. The summed E-state index contributed by atoms with van der Waals surface area (Å²) in [5, 5.41) is 13.3. The molecule has 0 bridgehead atoms. The van der Waals surface area contributed by atoms with Crippen molar-refractivity contribution in [1.82, 2.24) is 9.97 Å². The second kappa shape index (κ2) is 5.61. The first-order valence-electron chi connectivity index (χ1n) is 5.89. The fourth-order valence-electron chi connectivity index (χ4n) is 1.72. The van der Waals surface area contributed by atoms with E-state index in [1.54, 1.807) is 0 Å². The van der Waals surface area contributed by atoms with Gasteiger partial charge in [-0.05, 0) is 18.6 Å². The highest BCUT2D eigenvalue weighted by Crippen LogP contribution is 2.22. The summed E-state index contributed by atoms with van der Waals surface area (Å²) in [6.07, 6.45) is 0.806. The Balaban J connectivity index is 2.46. The van der Waals surface area contributed by atoms with Crippen LogP contribution in [0.2, 0.25) is 0 Å². The van der Waals surface area contributed by atoms with Crippen LogP contribution in [0.4, 0.5) is 11.8 Å². The minimum absolute atomic E-state index is 0.0334. The van der Waals surface area contributed by atoms with E-state index in [0.717, 1.165) is 17.3 Å². The van der Waals surface area contributed by atoms with E-state index in [1.165, 1.54) is 0 Å². The van der Waals surface area contributed by atoms with E-state index >= 15 is 0 Å². The number of aromatic nitrogens is 2. The van der Waals surface area contributed by atoms with Crippen LogP contribution in [0, 0.1) is 0 Å². The lowest BCUT2D eigenvalue weighted by Crippen LogP contribution is -2.24. The van der Waals surface area contributed by atoms with Gasteiger partial charge in [-0.25, -0.2) is 10.8 Å². The van der Waals surface area contributed by atoms with Gasteiger partial charge in [-0.1, -0.05) is 19.1 Å². The zero-order valence-electron chi connectivity index (χ0n) is 10.2. The summed E-state index contributed by atoms with van der Waals surface area (Å²) >= 11 is 0. The molecule has 6 nitrogen and oxygen atoms in total. The number of nitrogens with two attached hydrogens (primary N) is 1. The number of para-hydroxylation sites is 1. The highest BCUT2D eigenvalue weighted by atomic mass is 16.3. The van der Waals surface area contributed by atoms with Crippen molar-refractivity contribution >= 4 is 22.7 Å². The van der Waals surface area contributed by atoms with Crippen molar-refractivity contribution in [2.45, 2.75) is 19.4 Å². The summed E-state index contributed by atoms with van der Waals surface area (Å²) in [5.74, 6) is 6.38. The minimum atomic E-state index is -0.0334. The molecule has 2 aromatic rings. The molecule has 2 rings (SSSR count). The van der Waals surface area contributed by atoms with Crippen molar-refractivity contribution in [1.29, 1.82) is 0 Å². The Morgan fingerprint density at radius 1 is 1.33 bits per heavy atom. The Kier molecular flexibility index (Phi) is 3.91. The van der Waals surface area contributed by atoms with Gasteiger partial charge in [-0.15, -0.1) is 0 Å². The maximum atomic E-state index is 9.24. The Hall–Kier alpha value is -1.92. The fourth-order valence-corrected chi connectivity index (χ4v) is 1.72. The summed E-state index contributed by atoms with van der Waals surface area (Å²) < 4.78 is 0. The monoisotopic (exact) mass is 247 g/mol. The van der Waals surface area contributed by atoms with Gasteiger partial charge in [0.15, 0.2) is 0 Å². The molecule has 0 saturated heterocycles. The predicted octanol–water partition coefficient (Wildman–Crippen LogP) is 1.10. The van der Waals surface area contributed by atoms with Crippen molar-refractivity contribution in [3.8, 4) is 0 Å². The van der Waals surface area contributed by atoms with Crippen LogP contribution < -0.4 is 16.6 Å². The lowest BCUT2D eigenvalue weighted by Gasteiger charge is -2.16. The van der Waals surface area contributed by atoms with Gasteiger partial charge in [0.05, 0.1) is 18.2 Å². The molecule has 18 heavy (non-hydrogen) atoms. The highest BCUT2D eigenvalue weighted by Gasteiger charge is 2.10. The first kappa shape index (κ1) is 12.5. The van der Waals surface area contributed by atoms with Crippen molar-refractivity contribution in [2.24, 2.45) is 5.84 Å². The Bertz CT molecular complexity index is 527. The number of anilines is 2. The predicted molar refractivity (Wildman–Crippen MR) is 72.1 cm³/mol. The smallest absolute Gasteiger partial charge is 0.239 e. The SMILES string of the molecule is CCC(CO)Nc1nc(NN)nc2ccccc12. The molecule has 0 spiro atoms. The largest absolute Gasteiger partial charge is 0.394 e. The van der Waals surface area contributed by atoms with Crippen LogP contribution in [-0.2, 0) is 0 Å². The summed E-state index contributed by atoms with van der Waals surface area (Å²) in [5.41, 5.74) is 3.25. The quantitative estimate of drug-likeness (QED) is 0.467. The van der Waals surface area contributed by atoms with Crippen LogP contribution in [0.1, 0.15) is 13.3 Å². The molecule has 1 unspecified atom stereocenters. The van der Waals surface area contributed by atoms with Crippen LogP contribution in [0.5, 0.6) is 0 Å². The molecular formula is C12H17N5O. The minimum Gasteiger partial charge on any atom is -0.394 e. The van der Waals surface area contributed by atoms with Crippen LogP contribution in [-0.4, -0.2) is 27.7 Å². The summed E-state index contributed by atoms with van der Waals surface area (Å²) in [6, 6.07) is 7.62. The number of hydrazine groups is 1. The molecule has 0 aliphatic rings. The highest BCUT2D eigenvalue weighted by molar-refractivity contribution is 5.90. The van der Waals surface area contributed by atoms with Crippen LogP contribution in [0.25, 0.3) is 10.9 Å². The van der Waals surface area contributed by atoms with Crippen molar-refractivity contribution < 1.29 is 5.11 Å². The second-order valence-electron chi connectivity index (χ2n) is 3.99. The third kappa shape index (κ3) is 2.49. The number of aliphatic hydroxyl groups excluding tert-OH is 1. The molecule has 1 heterocycles. The van der Waals surface area contributed by atoms with E-state index in [9.17, 15) is 5.11 Å². The van der Waals surface area contributed by atoms with Crippen molar-refractivity contribution in [2.75, 3.05) is 17.3 Å². The molecular weight excluding hydrogens is 230 g/mol. The van der Waals surface area contributed by atoms with Crippen LogP contribution in [0.3, 0.4) is 0 Å². The number of hydrogen-bond donors (Lipinski definition) is 4. The average molecular weight is 247 g/mol. The number of rotatable bonds is 5. The fraction of sp³-hybridized carbons (Fsp3) is 0.333. The maximum absolute atomic E-state index is 9.24. The van der Waals surface area contributed by atoms with Gasteiger partial charge < -0.3 is 10.4 Å². The first-order valence-corrected chi connectivity index (χ1v) is 5.89. The van der Waals surface area contributed by atoms with Crippen molar-refractivity contribution in [3.63, 3.8) is 0 Å². The number of nitrogens with one attached hydrogen (secondary N) is 2. The van der Waals surface area contributed by atoms with Gasteiger partial charge in [0.2, 0.25) is 5.95 Å². The zero-order valence-corrected chi connectivity index (χ0v) is 10.2. The normalized spacial score (nSPS) is 12.4. The van der Waals surface area contributed by atoms with E-state index in [4.69, 9.17) is 5.84 Å². The van der Waals surface area contributed by atoms with Crippen molar-refractivity contribution in [3.05, 3.63) is 24.3 Å². The number of nitrogen functional groups attached to an aromatic ring is 1. The Labute approximate surface area is 105 Å². The molecule has 1 aromatic heterocycles. The number of aliphatic hydroxyl groups is 1. The third-order valence-corrected chi connectivity index (χ3v) is 2.79. The average Bonchev–Trinajstić information content (AvgIpc) is 2.44. The lowest BCUT2D eigenvalue weighted by atomic mass is 10.2. The summed E-state index contributed by atoms with van der Waals surface area (Å²) in [6.45, 7) is 2.06. The molecule has 0 radical (unpaired) electrons. The molecule has 96 valence electrons. The standard InChI is InChI=1S/C12H17N5O/c1-2-8(7-18)14-11-9-5-3-4-6-10(9)15-12(16-11)17-13/h3-6,8,18H,2,7,13H2,1H3,(H2,14,15,16,17). The molecule has 0 saturated carbocycles. The number of fused-ring (bicyclic) bond motifs is 1. The van der Waals surface area contributed by atoms with E-state index < -0.39 is 0 Å². The van der Waals surface area contributed by atoms with Crippen LogP contribution in [0.15, 0.2) is 24.3 Å². The van der Waals surface area contributed by atoms with E-state index in [2.05, 4.69) is 20.7 Å². The van der Waals surface area contributed by atoms with Gasteiger partial charge >= 0.3 is 0 Å². The maximum Gasteiger partial charge on any atom is 0.239 e. The summed E-state index contributed by atoms with van der Waals surface area (Å²) in [4.78, 5) is 8.55. The molecule has 0 amide bonds. The number of nitrogens with zero attached hydrogens (tertiary/aromatic N) is 2. The Morgan fingerprint density at radius 2 is 2.11 bits per heavy atom. The van der Waals surface area contributed by atoms with E-state index in [-0.39, 0.29) is 12.6 Å². The van der Waals surface area contributed by atoms with Gasteiger partial charge in [-0.3, -0.25) is 5.43 Å². The lowest BCUT2D eigenvalue weighted by molar-refractivity contribution is 0.271. The number of benzene rings is 1. The van der Waals surface area contributed by atoms with E-state index in [0.29, 0.717) is 11.8 Å². The number of hydrogen-bond acceptors (Lipinski definition) is 6. The topological polar surface area (TPSA) is 96.1 Å². The zero-order chi connectivity index (χ0) is 13.0.